The van der Waals surface area contributed by atoms with Crippen molar-refractivity contribution in [3.63, 3.8) is 0 Å². The number of hydrogen-bond acceptors (Lipinski definition) is 2. The molecule has 5 rings (SSSR count). The van der Waals surface area contributed by atoms with Crippen molar-refractivity contribution in [3.8, 4) is 11.8 Å². The summed E-state index contributed by atoms with van der Waals surface area (Å²) in [5.74, 6) is 6.87. The molecule has 1 atom stereocenters. The Bertz CT molecular complexity index is 1280. The molecule has 166 valence electrons. The van der Waals surface area contributed by atoms with Gasteiger partial charge in [-0.1, -0.05) is 41.3 Å². The van der Waals surface area contributed by atoms with Crippen LogP contribution in [0, 0.1) is 38.5 Å². The van der Waals surface area contributed by atoms with Crippen molar-refractivity contribution < 1.29 is 4.79 Å². The summed E-state index contributed by atoms with van der Waals surface area (Å²) in [5.41, 5.74) is 6.49. The van der Waals surface area contributed by atoms with Gasteiger partial charge in [0.1, 0.15) is 11.2 Å². The Morgan fingerprint density at radius 1 is 1.12 bits per heavy atom. The van der Waals surface area contributed by atoms with Gasteiger partial charge in [0, 0.05) is 16.8 Å². The number of pyridine rings is 1. The third-order valence-corrected chi connectivity index (χ3v) is 6.86. The van der Waals surface area contributed by atoms with Crippen molar-refractivity contribution >= 4 is 23.3 Å². The Balaban J connectivity index is 1.62. The van der Waals surface area contributed by atoms with E-state index in [9.17, 15) is 4.79 Å². The summed E-state index contributed by atoms with van der Waals surface area (Å²) < 4.78 is 0. The zero-order valence-electron chi connectivity index (χ0n) is 19.1. The van der Waals surface area contributed by atoms with Gasteiger partial charge in [-0.05, 0) is 92.5 Å². The van der Waals surface area contributed by atoms with Crippen LogP contribution in [-0.2, 0) is 12.1 Å². The molecule has 0 radical (unpaired) electrons. The summed E-state index contributed by atoms with van der Waals surface area (Å²) in [6.07, 6.45) is 3.75. The molecule has 3 aromatic rings. The monoisotopic (exact) mass is 455 g/mol. The maximum atomic E-state index is 13.6. The van der Waals surface area contributed by atoms with Gasteiger partial charge >= 0.3 is 6.03 Å². The first-order valence-electron chi connectivity index (χ1n) is 11.3. The Morgan fingerprint density at radius 2 is 1.88 bits per heavy atom. The molecular weight excluding hydrogens is 430 g/mol. The average Bonchev–Trinajstić information content (AvgIpc) is 3.63. The smallest absolute Gasteiger partial charge is 0.317 e. The lowest BCUT2D eigenvalue weighted by Crippen LogP contribution is -2.57. The number of hydrogen-bond donors (Lipinski definition) is 1. The first kappa shape index (κ1) is 21.6. The standard InChI is InChI=1S/C28H26ClN3O/c1-18-14-19(2)24(20(3)15-18)17-32-26-10-9-22(29)16-25(26)28(21-7-8-21,31-27(32)33)12-11-23-6-4-5-13-30-23/h4-6,9-10,13-16,21H,7-8,17H2,1-3H3,(H,31,33). The fraction of sp³-hybridized carbons (Fsp3) is 0.286. The lowest BCUT2D eigenvalue weighted by molar-refractivity contribution is 0.231. The molecule has 1 aromatic heterocycles. The number of aromatic nitrogens is 1. The van der Waals surface area contributed by atoms with Crippen molar-refractivity contribution in [2.24, 2.45) is 5.92 Å². The molecule has 1 saturated carbocycles. The Labute approximate surface area is 200 Å². The third-order valence-electron chi connectivity index (χ3n) is 6.62. The zero-order chi connectivity index (χ0) is 23.2. The first-order chi connectivity index (χ1) is 15.9. The van der Waals surface area contributed by atoms with Crippen molar-refractivity contribution in [2.45, 2.75) is 45.7 Å². The van der Waals surface area contributed by atoms with E-state index in [2.05, 4.69) is 55.0 Å². The molecule has 2 heterocycles. The van der Waals surface area contributed by atoms with Crippen molar-refractivity contribution in [1.29, 1.82) is 0 Å². The quantitative estimate of drug-likeness (QED) is 0.489. The van der Waals surface area contributed by atoms with Crippen LogP contribution in [0.1, 0.15) is 46.4 Å². The maximum absolute atomic E-state index is 13.6. The minimum Gasteiger partial charge on any atom is -0.317 e. The number of aryl methyl sites for hydroxylation is 3. The highest BCUT2D eigenvalue weighted by Gasteiger charge is 2.51. The highest BCUT2D eigenvalue weighted by atomic mass is 35.5. The lowest BCUT2D eigenvalue weighted by Gasteiger charge is -2.42. The van der Waals surface area contributed by atoms with Crippen LogP contribution in [0.5, 0.6) is 0 Å². The molecule has 33 heavy (non-hydrogen) atoms. The number of amides is 2. The normalized spacial score (nSPS) is 19.4. The molecule has 4 nitrogen and oxygen atoms in total. The van der Waals surface area contributed by atoms with E-state index in [1.165, 1.54) is 16.7 Å². The van der Waals surface area contributed by atoms with Gasteiger partial charge in [-0.2, -0.15) is 0 Å². The second-order valence-corrected chi connectivity index (χ2v) is 9.54. The summed E-state index contributed by atoms with van der Waals surface area (Å²) in [6, 6.07) is 15.6. The number of nitrogens with one attached hydrogen (secondary N) is 1. The van der Waals surface area contributed by atoms with Crippen LogP contribution in [0.4, 0.5) is 10.5 Å². The van der Waals surface area contributed by atoms with Crippen LogP contribution in [0.15, 0.2) is 54.7 Å². The number of rotatable bonds is 3. The predicted molar refractivity (Wildman–Crippen MR) is 132 cm³/mol. The maximum Gasteiger partial charge on any atom is 0.323 e. The molecule has 1 N–H and O–H groups in total. The molecule has 2 amide bonds. The number of benzene rings is 2. The summed E-state index contributed by atoms with van der Waals surface area (Å²) in [4.78, 5) is 19.8. The molecule has 0 bridgehead atoms. The van der Waals surface area contributed by atoms with Crippen LogP contribution in [0.3, 0.4) is 0 Å². The van der Waals surface area contributed by atoms with E-state index >= 15 is 0 Å². The summed E-state index contributed by atoms with van der Waals surface area (Å²) in [5, 5.41) is 3.93. The van der Waals surface area contributed by atoms with Crippen molar-refractivity contribution in [1.82, 2.24) is 10.3 Å². The molecule has 1 aliphatic carbocycles. The van der Waals surface area contributed by atoms with Crippen LogP contribution < -0.4 is 10.2 Å². The molecule has 0 saturated heterocycles. The van der Waals surface area contributed by atoms with Gasteiger partial charge in [0.05, 0.1) is 12.2 Å². The molecule has 0 spiro atoms. The predicted octanol–water partition coefficient (Wildman–Crippen LogP) is 6.05. The average molecular weight is 456 g/mol. The van der Waals surface area contributed by atoms with Gasteiger partial charge in [-0.25, -0.2) is 9.78 Å². The SMILES string of the molecule is Cc1cc(C)c(CN2C(=O)NC(C#Cc3ccccn3)(C3CC3)c3cc(Cl)ccc32)c(C)c1. The van der Waals surface area contributed by atoms with Crippen LogP contribution in [-0.4, -0.2) is 11.0 Å². The molecular formula is C28H26ClN3O. The van der Waals surface area contributed by atoms with E-state index in [1.807, 2.05) is 41.3 Å². The number of anilines is 1. The molecule has 2 aliphatic rings. The van der Waals surface area contributed by atoms with Gasteiger partial charge in [0.2, 0.25) is 0 Å². The zero-order valence-corrected chi connectivity index (χ0v) is 19.8. The topological polar surface area (TPSA) is 45.2 Å². The Morgan fingerprint density at radius 3 is 2.55 bits per heavy atom. The second-order valence-electron chi connectivity index (χ2n) is 9.10. The lowest BCUT2D eigenvalue weighted by atomic mass is 9.82. The summed E-state index contributed by atoms with van der Waals surface area (Å²) in [6.45, 7) is 6.80. The molecule has 1 unspecified atom stereocenters. The highest BCUT2D eigenvalue weighted by molar-refractivity contribution is 6.30. The van der Waals surface area contributed by atoms with E-state index in [-0.39, 0.29) is 11.9 Å². The minimum absolute atomic E-state index is 0.133. The van der Waals surface area contributed by atoms with E-state index in [0.717, 1.165) is 29.7 Å². The minimum atomic E-state index is -0.775. The van der Waals surface area contributed by atoms with Crippen molar-refractivity contribution in [3.05, 3.63) is 93.3 Å². The number of carbonyl (C=O) groups excluding carboxylic acids is 1. The molecule has 5 heteroatoms. The number of carbonyl (C=O) groups is 1. The van der Waals surface area contributed by atoms with Gasteiger partial charge in [0.25, 0.3) is 0 Å². The largest absolute Gasteiger partial charge is 0.323 e. The molecule has 1 aliphatic heterocycles. The number of fused-ring (bicyclic) bond motifs is 1. The summed E-state index contributed by atoms with van der Waals surface area (Å²) in [7, 11) is 0. The van der Waals surface area contributed by atoms with Gasteiger partial charge < -0.3 is 5.32 Å². The van der Waals surface area contributed by atoms with Crippen LogP contribution >= 0.6 is 11.6 Å². The summed E-state index contributed by atoms with van der Waals surface area (Å²) >= 11 is 6.47. The Kier molecular flexibility index (Phi) is 5.38. The Hall–Kier alpha value is -3.29. The number of halogens is 1. The first-order valence-corrected chi connectivity index (χ1v) is 11.7. The van der Waals surface area contributed by atoms with Gasteiger partial charge in [-0.3, -0.25) is 4.90 Å². The third kappa shape index (κ3) is 3.98. The van der Waals surface area contributed by atoms with Gasteiger partial charge in [-0.15, -0.1) is 0 Å². The molecule has 2 aromatic carbocycles. The van der Waals surface area contributed by atoms with E-state index in [4.69, 9.17) is 11.6 Å². The van der Waals surface area contributed by atoms with E-state index in [1.54, 1.807) is 6.20 Å². The van der Waals surface area contributed by atoms with Crippen LogP contribution in [0.2, 0.25) is 5.02 Å². The fourth-order valence-corrected chi connectivity index (χ4v) is 5.06. The number of urea groups is 1. The van der Waals surface area contributed by atoms with E-state index < -0.39 is 5.54 Å². The fourth-order valence-electron chi connectivity index (χ4n) is 4.89. The van der Waals surface area contributed by atoms with Gasteiger partial charge in [0.15, 0.2) is 0 Å². The molecule has 1 fully saturated rings. The highest BCUT2D eigenvalue weighted by Crippen LogP contribution is 2.50. The second kappa shape index (κ2) is 8.24. The number of nitrogens with zero attached hydrogens (tertiary/aromatic N) is 2. The van der Waals surface area contributed by atoms with E-state index in [0.29, 0.717) is 17.3 Å². The van der Waals surface area contributed by atoms with Crippen molar-refractivity contribution in [2.75, 3.05) is 4.90 Å². The van der Waals surface area contributed by atoms with Crippen LogP contribution in [0.25, 0.3) is 0 Å².